The number of hydrogen-bond acceptors (Lipinski definition) is 4. The molecule has 1 aliphatic rings. The summed E-state index contributed by atoms with van der Waals surface area (Å²) in [5, 5.41) is 9.16. The van der Waals surface area contributed by atoms with Gasteiger partial charge in [0.05, 0.1) is 18.8 Å². The first-order valence-corrected chi connectivity index (χ1v) is 6.62. The minimum absolute atomic E-state index is 0.0694. The van der Waals surface area contributed by atoms with Gasteiger partial charge in [-0.15, -0.1) is 0 Å². The fourth-order valence-electron chi connectivity index (χ4n) is 2.52. The van der Waals surface area contributed by atoms with E-state index in [-0.39, 0.29) is 6.61 Å². The Morgan fingerprint density at radius 2 is 2.16 bits per heavy atom. The van der Waals surface area contributed by atoms with Crippen LogP contribution in [0.15, 0.2) is 30.7 Å². The normalized spacial score (nSPS) is 16.1. The largest absolute Gasteiger partial charge is 0.392 e. The molecule has 3 rings (SSSR count). The molecule has 19 heavy (non-hydrogen) atoms. The quantitative estimate of drug-likeness (QED) is 0.898. The van der Waals surface area contributed by atoms with E-state index in [4.69, 9.17) is 5.11 Å². The molecule has 5 nitrogen and oxygen atoms in total. The molecule has 2 aromatic rings. The van der Waals surface area contributed by atoms with Gasteiger partial charge in [-0.2, -0.15) is 0 Å². The molecule has 5 heteroatoms. The maximum absolute atomic E-state index is 9.16. The predicted octanol–water partition coefficient (Wildman–Crippen LogP) is 1.18. The van der Waals surface area contributed by atoms with Crippen LogP contribution in [0.25, 0.3) is 0 Å². The molecular formula is C14H18N4O. The van der Waals surface area contributed by atoms with Crippen LogP contribution >= 0.6 is 0 Å². The molecule has 0 bridgehead atoms. The fraction of sp³-hybridized carbons (Fsp3) is 0.429. The summed E-state index contributed by atoms with van der Waals surface area (Å²) in [6, 6.07) is 3.82. The smallest absolute Gasteiger partial charge is 0.122 e. The van der Waals surface area contributed by atoms with Crippen LogP contribution in [-0.2, 0) is 26.2 Å². The maximum atomic E-state index is 9.16. The van der Waals surface area contributed by atoms with Crippen molar-refractivity contribution in [3.63, 3.8) is 0 Å². The minimum atomic E-state index is 0.0694. The molecule has 0 fully saturated rings. The number of imidazole rings is 1. The topological polar surface area (TPSA) is 54.2 Å². The van der Waals surface area contributed by atoms with Gasteiger partial charge in [0.15, 0.2) is 0 Å². The van der Waals surface area contributed by atoms with Crippen LogP contribution in [0.2, 0.25) is 0 Å². The number of aliphatic hydroxyl groups excluding tert-OH is 1. The number of aromatic nitrogens is 3. The molecule has 0 amide bonds. The second-order valence-electron chi connectivity index (χ2n) is 4.91. The zero-order chi connectivity index (χ0) is 13.1. The van der Waals surface area contributed by atoms with Crippen molar-refractivity contribution >= 4 is 0 Å². The molecule has 0 spiro atoms. The number of aliphatic hydroxyl groups is 1. The summed E-state index contributed by atoms with van der Waals surface area (Å²) >= 11 is 0. The van der Waals surface area contributed by atoms with E-state index in [1.807, 2.05) is 24.5 Å². The van der Waals surface area contributed by atoms with E-state index in [2.05, 4.69) is 19.4 Å². The fourth-order valence-corrected chi connectivity index (χ4v) is 2.52. The summed E-state index contributed by atoms with van der Waals surface area (Å²) in [5.74, 6) is 1.12. The molecule has 2 aromatic heterocycles. The van der Waals surface area contributed by atoms with Gasteiger partial charge in [0.25, 0.3) is 0 Å². The van der Waals surface area contributed by atoms with E-state index < -0.39 is 0 Å². The van der Waals surface area contributed by atoms with Gasteiger partial charge < -0.3 is 9.67 Å². The van der Waals surface area contributed by atoms with E-state index in [1.165, 1.54) is 0 Å². The van der Waals surface area contributed by atoms with Gasteiger partial charge in [-0.25, -0.2) is 4.98 Å². The second kappa shape index (κ2) is 5.50. The monoisotopic (exact) mass is 258 g/mol. The highest BCUT2D eigenvalue weighted by atomic mass is 16.3. The zero-order valence-electron chi connectivity index (χ0n) is 10.9. The molecule has 1 aliphatic heterocycles. The lowest BCUT2D eigenvalue weighted by atomic mass is 10.2. The van der Waals surface area contributed by atoms with Crippen LogP contribution in [0.5, 0.6) is 0 Å². The highest BCUT2D eigenvalue weighted by Gasteiger charge is 2.15. The number of fused-ring (bicyclic) bond motifs is 1. The van der Waals surface area contributed by atoms with Crippen molar-refractivity contribution in [2.24, 2.45) is 0 Å². The summed E-state index contributed by atoms with van der Waals surface area (Å²) in [6.45, 7) is 3.82. The Kier molecular flexibility index (Phi) is 3.57. The number of pyridine rings is 1. The van der Waals surface area contributed by atoms with Crippen molar-refractivity contribution < 1.29 is 5.11 Å². The van der Waals surface area contributed by atoms with Crippen LogP contribution in [0.1, 0.15) is 23.5 Å². The summed E-state index contributed by atoms with van der Waals surface area (Å²) < 4.78 is 2.22. The Bertz CT molecular complexity index is 552. The summed E-state index contributed by atoms with van der Waals surface area (Å²) in [4.78, 5) is 11.1. The summed E-state index contributed by atoms with van der Waals surface area (Å²) in [6.07, 6.45) is 6.80. The third kappa shape index (κ3) is 2.83. The van der Waals surface area contributed by atoms with E-state index >= 15 is 0 Å². The van der Waals surface area contributed by atoms with Crippen molar-refractivity contribution in [1.82, 2.24) is 19.4 Å². The Morgan fingerprint density at radius 3 is 3.05 bits per heavy atom. The second-order valence-corrected chi connectivity index (χ2v) is 4.91. The van der Waals surface area contributed by atoms with Gasteiger partial charge in [-0.3, -0.25) is 9.88 Å². The number of nitrogens with zero attached hydrogens (tertiary/aromatic N) is 4. The van der Waals surface area contributed by atoms with Crippen LogP contribution in [0.3, 0.4) is 0 Å². The number of rotatable bonds is 3. The first kappa shape index (κ1) is 12.3. The number of aryl methyl sites for hydroxylation is 1. The van der Waals surface area contributed by atoms with Crippen LogP contribution in [0.4, 0.5) is 0 Å². The molecule has 0 atom stereocenters. The predicted molar refractivity (Wildman–Crippen MR) is 71.1 cm³/mol. The van der Waals surface area contributed by atoms with Crippen molar-refractivity contribution in [2.45, 2.75) is 32.7 Å². The molecule has 0 aliphatic carbocycles. The van der Waals surface area contributed by atoms with Crippen molar-refractivity contribution in [3.05, 3.63) is 47.8 Å². The van der Waals surface area contributed by atoms with Gasteiger partial charge in [0.1, 0.15) is 5.82 Å². The average molecular weight is 258 g/mol. The van der Waals surface area contributed by atoms with Gasteiger partial charge in [-0.05, 0) is 24.1 Å². The third-order valence-corrected chi connectivity index (χ3v) is 3.49. The van der Waals surface area contributed by atoms with Gasteiger partial charge in [0, 0.05) is 38.2 Å². The highest BCUT2D eigenvalue weighted by molar-refractivity contribution is 5.15. The van der Waals surface area contributed by atoms with Crippen molar-refractivity contribution in [2.75, 3.05) is 6.54 Å². The third-order valence-electron chi connectivity index (χ3n) is 3.49. The maximum Gasteiger partial charge on any atom is 0.122 e. The standard InChI is InChI=1S/C14H18N4O/c19-11-12-2-3-15-13(8-12)9-17-5-1-6-18-7-4-16-14(18)10-17/h2-4,7-8,19H,1,5-6,9-11H2. The van der Waals surface area contributed by atoms with Crippen LogP contribution in [0, 0.1) is 0 Å². The Labute approximate surface area is 112 Å². The molecule has 3 heterocycles. The molecule has 0 radical (unpaired) electrons. The molecule has 0 saturated carbocycles. The highest BCUT2D eigenvalue weighted by Crippen LogP contribution is 2.13. The average Bonchev–Trinajstić information content (AvgIpc) is 2.78. The molecule has 0 unspecified atom stereocenters. The lowest BCUT2D eigenvalue weighted by molar-refractivity contribution is 0.254. The number of hydrogen-bond donors (Lipinski definition) is 1. The van der Waals surface area contributed by atoms with Crippen LogP contribution < -0.4 is 0 Å². The Balaban J connectivity index is 1.72. The molecular weight excluding hydrogens is 240 g/mol. The molecule has 100 valence electrons. The van der Waals surface area contributed by atoms with E-state index in [0.29, 0.717) is 0 Å². The van der Waals surface area contributed by atoms with Crippen molar-refractivity contribution in [3.8, 4) is 0 Å². The molecule has 1 N–H and O–H groups in total. The van der Waals surface area contributed by atoms with E-state index in [9.17, 15) is 0 Å². The summed E-state index contributed by atoms with van der Waals surface area (Å²) in [5.41, 5.74) is 1.92. The van der Waals surface area contributed by atoms with Crippen LogP contribution in [-0.4, -0.2) is 31.1 Å². The lowest BCUT2D eigenvalue weighted by Gasteiger charge is -2.18. The van der Waals surface area contributed by atoms with Gasteiger partial charge in [-0.1, -0.05) is 0 Å². The minimum Gasteiger partial charge on any atom is -0.392 e. The van der Waals surface area contributed by atoms with Crippen molar-refractivity contribution in [1.29, 1.82) is 0 Å². The SMILES string of the molecule is OCc1ccnc(CN2CCCn3ccnc3C2)c1. The van der Waals surface area contributed by atoms with E-state index in [0.717, 1.165) is 49.7 Å². The van der Waals surface area contributed by atoms with Gasteiger partial charge >= 0.3 is 0 Å². The summed E-state index contributed by atoms with van der Waals surface area (Å²) in [7, 11) is 0. The molecule has 0 aromatic carbocycles. The Hall–Kier alpha value is -1.72. The first-order valence-electron chi connectivity index (χ1n) is 6.62. The molecule has 0 saturated heterocycles. The lowest BCUT2D eigenvalue weighted by Crippen LogP contribution is -2.23. The Morgan fingerprint density at radius 1 is 1.21 bits per heavy atom. The zero-order valence-corrected chi connectivity index (χ0v) is 10.9. The van der Waals surface area contributed by atoms with E-state index in [1.54, 1.807) is 6.20 Å². The first-order chi connectivity index (χ1) is 9.35. The van der Waals surface area contributed by atoms with Gasteiger partial charge in [0.2, 0.25) is 0 Å².